The van der Waals surface area contributed by atoms with Gasteiger partial charge in [0.25, 0.3) is 5.91 Å². The third-order valence-electron chi connectivity index (χ3n) is 4.58. The predicted octanol–water partition coefficient (Wildman–Crippen LogP) is 1.07. The van der Waals surface area contributed by atoms with Crippen molar-refractivity contribution >= 4 is 15.9 Å². The maximum Gasteiger partial charge on any atom is 0.405 e. The normalized spacial score (nSPS) is 21.6. The van der Waals surface area contributed by atoms with Crippen LogP contribution < -0.4 is 11.1 Å². The van der Waals surface area contributed by atoms with Gasteiger partial charge in [0.1, 0.15) is 17.1 Å². The summed E-state index contributed by atoms with van der Waals surface area (Å²) in [4.78, 5) is 11.8. The summed E-state index contributed by atoms with van der Waals surface area (Å²) in [6.45, 7) is 2.73. The lowest BCUT2D eigenvalue weighted by Crippen LogP contribution is -2.53. The van der Waals surface area contributed by atoms with E-state index in [4.69, 9.17) is 5.73 Å². The second kappa shape index (κ2) is 6.86. The van der Waals surface area contributed by atoms with Crippen molar-refractivity contribution in [2.45, 2.75) is 37.4 Å². The largest absolute Gasteiger partial charge is 0.405 e. The second-order valence-corrected chi connectivity index (χ2v) is 9.13. The van der Waals surface area contributed by atoms with Crippen molar-refractivity contribution in [1.82, 2.24) is 14.2 Å². The first-order valence-corrected chi connectivity index (χ1v) is 9.45. The highest BCUT2D eigenvalue weighted by Gasteiger charge is 2.39. The number of piperidine rings is 1. The SMILES string of the molecule is Cn1cc(S(=O)(=O)N2CCC(N)C(C)(C)C2)cc1C(=O)NCC(F)(F)F. The van der Waals surface area contributed by atoms with Crippen molar-refractivity contribution in [1.29, 1.82) is 0 Å². The van der Waals surface area contributed by atoms with Gasteiger partial charge in [-0.15, -0.1) is 0 Å². The number of carbonyl (C=O) groups excluding carboxylic acids is 1. The zero-order chi connectivity index (χ0) is 19.9. The molecule has 1 aromatic heterocycles. The molecule has 1 fully saturated rings. The molecule has 2 rings (SSSR count). The topological polar surface area (TPSA) is 97.4 Å². The number of carbonyl (C=O) groups is 1. The summed E-state index contributed by atoms with van der Waals surface area (Å²) in [5.41, 5.74) is 5.45. The van der Waals surface area contributed by atoms with Crippen LogP contribution in [-0.4, -0.2) is 55.0 Å². The van der Waals surface area contributed by atoms with Crippen LogP contribution in [0.1, 0.15) is 30.8 Å². The molecule has 1 aromatic rings. The van der Waals surface area contributed by atoms with Crippen LogP contribution in [0, 0.1) is 5.41 Å². The van der Waals surface area contributed by atoms with Gasteiger partial charge in [0.15, 0.2) is 0 Å². The smallest absolute Gasteiger partial charge is 0.345 e. The van der Waals surface area contributed by atoms with E-state index in [0.29, 0.717) is 6.42 Å². The Bertz CT molecular complexity index is 787. The molecular weight excluding hydrogens is 373 g/mol. The first-order valence-electron chi connectivity index (χ1n) is 8.01. The minimum absolute atomic E-state index is 0.131. The van der Waals surface area contributed by atoms with Crippen LogP contribution >= 0.6 is 0 Å². The van der Waals surface area contributed by atoms with Gasteiger partial charge in [0, 0.05) is 32.4 Å². The number of sulfonamides is 1. The van der Waals surface area contributed by atoms with Crippen LogP contribution in [0.2, 0.25) is 0 Å². The molecule has 1 aliphatic rings. The van der Waals surface area contributed by atoms with E-state index in [2.05, 4.69) is 0 Å². The molecule has 2 heterocycles. The van der Waals surface area contributed by atoms with Crippen molar-refractivity contribution in [2.75, 3.05) is 19.6 Å². The van der Waals surface area contributed by atoms with Gasteiger partial charge in [0.2, 0.25) is 10.0 Å². The van der Waals surface area contributed by atoms with Gasteiger partial charge in [0.05, 0.1) is 0 Å². The Hall–Kier alpha value is -1.59. The molecule has 26 heavy (non-hydrogen) atoms. The molecule has 1 saturated heterocycles. The van der Waals surface area contributed by atoms with Crippen LogP contribution in [0.4, 0.5) is 13.2 Å². The molecule has 0 aromatic carbocycles. The Morgan fingerprint density at radius 1 is 1.42 bits per heavy atom. The number of aryl methyl sites for hydroxylation is 1. The Balaban J connectivity index is 2.23. The Kier molecular flexibility index (Phi) is 5.46. The summed E-state index contributed by atoms with van der Waals surface area (Å²) < 4.78 is 64.9. The van der Waals surface area contributed by atoms with E-state index in [0.717, 1.165) is 6.07 Å². The van der Waals surface area contributed by atoms with Crippen molar-refractivity contribution in [3.63, 3.8) is 0 Å². The average Bonchev–Trinajstić information content (AvgIpc) is 2.89. The lowest BCUT2D eigenvalue weighted by Gasteiger charge is -2.41. The number of aromatic nitrogens is 1. The Morgan fingerprint density at radius 3 is 2.58 bits per heavy atom. The van der Waals surface area contributed by atoms with Gasteiger partial charge in [-0.05, 0) is 17.9 Å². The van der Waals surface area contributed by atoms with Crippen molar-refractivity contribution in [2.24, 2.45) is 18.2 Å². The third-order valence-corrected chi connectivity index (χ3v) is 6.39. The van der Waals surface area contributed by atoms with Crippen molar-refractivity contribution in [3.8, 4) is 0 Å². The number of hydrogen-bond acceptors (Lipinski definition) is 4. The van der Waals surface area contributed by atoms with Gasteiger partial charge in [-0.2, -0.15) is 17.5 Å². The van der Waals surface area contributed by atoms with E-state index >= 15 is 0 Å². The fourth-order valence-corrected chi connectivity index (χ4v) is 4.55. The molecule has 1 aliphatic heterocycles. The van der Waals surface area contributed by atoms with E-state index in [1.165, 1.54) is 22.1 Å². The van der Waals surface area contributed by atoms with Crippen molar-refractivity contribution < 1.29 is 26.4 Å². The highest BCUT2D eigenvalue weighted by atomic mass is 32.2. The van der Waals surface area contributed by atoms with Crippen LogP contribution in [0.5, 0.6) is 0 Å². The Morgan fingerprint density at radius 2 is 2.04 bits per heavy atom. The van der Waals surface area contributed by atoms with Gasteiger partial charge in [-0.3, -0.25) is 4.79 Å². The molecule has 7 nitrogen and oxygen atoms in total. The monoisotopic (exact) mass is 396 g/mol. The molecule has 148 valence electrons. The molecule has 0 saturated carbocycles. The minimum atomic E-state index is -4.55. The number of halogens is 3. The molecule has 0 spiro atoms. The lowest BCUT2D eigenvalue weighted by atomic mass is 9.81. The maximum absolute atomic E-state index is 12.8. The highest BCUT2D eigenvalue weighted by Crippen LogP contribution is 2.31. The molecule has 3 N–H and O–H groups in total. The van der Waals surface area contributed by atoms with Gasteiger partial charge in [-0.1, -0.05) is 13.8 Å². The van der Waals surface area contributed by atoms with Gasteiger partial charge >= 0.3 is 6.18 Å². The number of nitrogens with one attached hydrogen (secondary N) is 1. The summed E-state index contributed by atoms with van der Waals surface area (Å²) in [6.07, 6.45) is -2.83. The van der Waals surface area contributed by atoms with Gasteiger partial charge in [-0.25, -0.2) is 8.42 Å². The summed E-state index contributed by atoms with van der Waals surface area (Å²) in [5.74, 6) is -0.993. The van der Waals surface area contributed by atoms with Gasteiger partial charge < -0.3 is 15.6 Å². The van der Waals surface area contributed by atoms with E-state index in [9.17, 15) is 26.4 Å². The minimum Gasteiger partial charge on any atom is -0.345 e. The summed E-state index contributed by atoms with van der Waals surface area (Å²) >= 11 is 0. The molecule has 1 amide bonds. The van der Waals surface area contributed by atoms with E-state index in [1.54, 1.807) is 5.32 Å². The van der Waals surface area contributed by atoms with E-state index in [1.807, 2.05) is 13.8 Å². The zero-order valence-electron chi connectivity index (χ0n) is 14.8. The Labute approximate surface area is 150 Å². The average molecular weight is 396 g/mol. The highest BCUT2D eigenvalue weighted by molar-refractivity contribution is 7.89. The number of amides is 1. The van der Waals surface area contributed by atoms with Crippen molar-refractivity contribution in [3.05, 3.63) is 18.0 Å². The first kappa shape index (κ1) is 20.7. The summed E-state index contributed by atoms with van der Waals surface area (Å²) in [7, 11) is -2.48. The van der Waals surface area contributed by atoms with Crippen LogP contribution in [-0.2, 0) is 17.1 Å². The number of nitrogens with zero attached hydrogens (tertiary/aromatic N) is 2. The van der Waals surface area contributed by atoms with E-state index in [-0.39, 0.29) is 29.7 Å². The number of alkyl halides is 3. The molecule has 1 atom stereocenters. The predicted molar refractivity (Wildman–Crippen MR) is 88.9 cm³/mol. The molecule has 0 bridgehead atoms. The fourth-order valence-electron chi connectivity index (χ4n) is 2.85. The molecule has 11 heteroatoms. The molecular formula is C15H23F3N4O3S. The third kappa shape index (κ3) is 4.38. The lowest BCUT2D eigenvalue weighted by molar-refractivity contribution is -0.123. The quantitative estimate of drug-likeness (QED) is 0.795. The number of hydrogen-bond donors (Lipinski definition) is 2. The zero-order valence-corrected chi connectivity index (χ0v) is 15.6. The van der Waals surface area contributed by atoms with Crippen LogP contribution in [0.15, 0.2) is 17.2 Å². The number of nitrogens with two attached hydrogens (primary N) is 1. The molecule has 0 aliphatic carbocycles. The number of rotatable bonds is 4. The van der Waals surface area contributed by atoms with Crippen LogP contribution in [0.3, 0.4) is 0 Å². The van der Waals surface area contributed by atoms with E-state index < -0.39 is 34.1 Å². The standard InChI is InChI=1S/C15H23F3N4O3S/c1-14(2)9-22(5-4-12(14)19)26(24,25)10-6-11(21(3)7-10)13(23)20-8-15(16,17)18/h6-7,12H,4-5,8-9,19H2,1-3H3,(H,20,23). The summed E-state index contributed by atoms with van der Waals surface area (Å²) in [6, 6.07) is 0.955. The fraction of sp³-hybridized carbons (Fsp3) is 0.667. The van der Waals surface area contributed by atoms with Crippen LogP contribution in [0.25, 0.3) is 0 Å². The molecule has 1 unspecified atom stereocenters. The maximum atomic E-state index is 12.8. The summed E-state index contributed by atoms with van der Waals surface area (Å²) in [5, 5.41) is 1.73. The second-order valence-electron chi connectivity index (χ2n) is 7.19. The molecule has 0 radical (unpaired) electrons. The first-order chi connectivity index (χ1) is 11.7.